The highest BCUT2D eigenvalue weighted by molar-refractivity contribution is 6.31. The largest absolute Gasteiger partial charge is 0.466 e. The second-order valence-corrected chi connectivity index (χ2v) is 6.34. The Bertz CT molecular complexity index is 868. The average Bonchev–Trinajstić information content (AvgIpc) is 2.60. The van der Waals surface area contributed by atoms with Gasteiger partial charge in [-0.25, -0.2) is 14.0 Å². The summed E-state index contributed by atoms with van der Waals surface area (Å²) in [7, 11) is 2.03. The number of alkyl halides is 3. The Morgan fingerprint density at radius 1 is 1.04 bits per heavy atom. The van der Waals surface area contributed by atoms with Crippen LogP contribution in [0.25, 0.3) is 0 Å². The number of esters is 2. The zero-order chi connectivity index (χ0) is 21.4. The van der Waals surface area contributed by atoms with Crippen LogP contribution in [-0.4, -0.2) is 26.2 Å². The van der Waals surface area contributed by atoms with E-state index < -0.39 is 46.0 Å². The van der Waals surface area contributed by atoms with Gasteiger partial charge < -0.3 is 14.8 Å². The van der Waals surface area contributed by atoms with Gasteiger partial charge in [-0.1, -0.05) is 11.6 Å². The van der Waals surface area contributed by atoms with Gasteiger partial charge in [-0.15, -0.1) is 0 Å². The smallest absolute Gasteiger partial charge is 0.418 e. The number of halogens is 5. The Morgan fingerprint density at radius 3 is 1.89 bits per heavy atom. The summed E-state index contributed by atoms with van der Waals surface area (Å²) in [4.78, 5) is 24.7. The molecule has 28 heavy (non-hydrogen) atoms. The van der Waals surface area contributed by atoms with Crippen molar-refractivity contribution in [2.24, 2.45) is 0 Å². The molecule has 0 unspecified atom stereocenters. The molecule has 2 rings (SSSR count). The van der Waals surface area contributed by atoms with Crippen molar-refractivity contribution in [2.45, 2.75) is 25.9 Å². The number of carbonyl (C=O) groups is 2. The quantitative estimate of drug-likeness (QED) is 0.588. The normalized spacial score (nSPS) is 15.5. The Hall–Kier alpha value is -2.55. The molecule has 0 radical (unpaired) electrons. The van der Waals surface area contributed by atoms with Crippen LogP contribution in [0.15, 0.2) is 34.7 Å². The molecule has 1 aliphatic heterocycles. The minimum Gasteiger partial charge on any atom is -0.466 e. The summed E-state index contributed by atoms with van der Waals surface area (Å²) in [5.74, 6) is -5.09. The monoisotopic (exact) mass is 421 g/mol. The molecule has 152 valence electrons. The van der Waals surface area contributed by atoms with Gasteiger partial charge in [0, 0.05) is 17.0 Å². The van der Waals surface area contributed by atoms with Crippen molar-refractivity contribution in [1.29, 1.82) is 0 Å². The van der Waals surface area contributed by atoms with E-state index in [1.165, 1.54) is 13.8 Å². The lowest BCUT2D eigenvalue weighted by atomic mass is 9.78. The minimum atomic E-state index is -5.05. The number of ether oxygens (including phenoxy) is 2. The predicted molar refractivity (Wildman–Crippen MR) is 91.7 cm³/mol. The summed E-state index contributed by atoms with van der Waals surface area (Å²) in [6, 6.07) is 1.50. The van der Waals surface area contributed by atoms with Crippen molar-refractivity contribution >= 4 is 23.5 Å². The first-order valence-corrected chi connectivity index (χ1v) is 8.23. The van der Waals surface area contributed by atoms with Crippen LogP contribution in [0.2, 0.25) is 5.02 Å². The van der Waals surface area contributed by atoms with Crippen molar-refractivity contribution in [3.05, 3.63) is 56.6 Å². The van der Waals surface area contributed by atoms with Crippen molar-refractivity contribution in [2.75, 3.05) is 14.2 Å². The SMILES string of the molecule is COC(=O)C1=C(C)NC(C)=C(C(=O)OC)C1c1c(F)ccc(Cl)c1C(F)(F)F. The molecule has 5 nitrogen and oxygen atoms in total. The van der Waals surface area contributed by atoms with Crippen molar-refractivity contribution < 1.29 is 36.6 Å². The number of nitrogens with one attached hydrogen (secondary N) is 1. The second-order valence-electron chi connectivity index (χ2n) is 5.93. The average molecular weight is 422 g/mol. The van der Waals surface area contributed by atoms with E-state index in [4.69, 9.17) is 11.6 Å². The molecule has 0 amide bonds. The summed E-state index contributed by atoms with van der Waals surface area (Å²) in [6.45, 7) is 2.79. The van der Waals surface area contributed by atoms with Crippen molar-refractivity contribution in [3.8, 4) is 0 Å². The van der Waals surface area contributed by atoms with E-state index in [2.05, 4.69) is 14.8 Å². The first-order chi connectivity index (χ1) is 12.9. The van der Waals surface area contributed by atoms with Crippen LogP contribution in [-0.2, 0) is 25.2 Å². The van der Waals surface area contributed by atoms with Gasteiger partial charge in [0.1, 0.15) is 5.82 Å². The lowest BCUT2D eigenvalue weighted by Gasteiger charge is -2.31. The standard InChI is InChI=1S/C18H16ClF4NO4/c1-7-11(16(25)27-3)14(12(8(2)24-7)17(26)28-4)13-10(20)6-5-9(19)15(13)18(21,22)23/h5-6,14,24H,1-4H3. The summed E-state index contributed by atoms with van der Waals surface area (Å²) in [6.07, 6.45) is -5.05. The van der Waals surface area contributed by atoms with Crippen LogP contribution in [0.5, 0.6) is 0 Å². The highest BCUT2D eigenvalue weighted by Crippen LogP contribution is 2.47. The van der Waals surface area contributed by atoms with Crippen LogP contribution in [0.4, 0.5) is 17.6 Å². The Kier molecular flexibility index (Phi) is 6.08. The third-order valence-corrected chi connectivity index (χ3v) is 4.60. The number of hydrogen-bond acceptors (Lipinski definition) is 5. The molecule has 1 aromatic rings. The van der Waals surface area contributed by atoms with Gasteiger partial charge >= 0.3 is 18.1 Å². The van der Waals surface area contributed by atoms with Gasteiger partial charge in [0.15, 0.2) is 0 Å². The van der Waals surface area contributed by atoms with Crippen molar-refractivity contribution in [1.82, 2.24) is 5.32 Å². The van der Waals surface area contributed by atoms with Crippen LogP contribution >= 0.6 is 11.6 Å². The van der Waals surface area contributed by atoms with Gasteiger partial charge in [-0.05, 0) is 26.0 Å². The fraction of sp³-hybridized carbons (Fsp3) is 0.333. The molecule has 0 atom stereocenters. The van der Waals surface area contributed by atoms with Crippen LogP contribution < -0.4 is 5.32 Å². The lowest BCUT2D eigenvalue weighted by Crippen LogP contribution is -2.33. The predicted octanol–water partition coefficient (Wildman–Crippen LogP) is 4.08. The third-order valence-electron chi connectivity index (χ3n) is 4.28. The molecule has 0 fully saturated rings. The Balaban J connectivity index is 2.98. The number of allylic oxidation sites excluding steroid dienone is 2. The van der Waals surface area contributed by atoms with E-state index in [1.54, 1.807) is 0 Å². The number of hydrogen-bond donors (Lipinski definition) is 1. The minimum absolute atomic E-state index is 0.106. The first kappa shape index (κ1) is 21.7. The maximum Gasteiger partial charge on any atom is 0.418 e. The number of carbonyl (C=O) groups excluding carboxylic acids is 2. The van der Waals surface area contributed by atoms with E-state index in [0.29, 0.717) is 0 Å². The molecule has 0 aromatic heterocycles. The number of rotatable bonds is 3. The summed E-state index contributed by atoms with van der Waals surface area (Å²) < 4.78 is 65.2. The molecular formula is C18H16ClF4NO4. The molecule has 0 spiro atoms. The van der Waals surface area contributed by atoms with Crippen LogP contribution in [0.1, 0.15) is 30.9 Å². The van der Waals surface area contributed by atoms with E-state index in [1.807, 2.05) is 0 Å². The summed E-state index contributed by atoms with van der Waals surface area (Å²) >= 11 is 5.73. The molecule has 0 bridgehead atoms. The Morgan fingerprint density at radius 2 is 1.50 bits per heavy atom. The molecule has 1 N–H and O–H groups in total. The van der Waals surface area contributed by atoms with Crippen LogP contribution in [0, 0.1) is 5.82 Å². The molecule has 0 saturated carbocycles. The van der Waals surface area contributed by atoms with Crippen molar-refractivity contribution in [3.63, 3.8) is 0 Å². The van der Waals surface area contributed by atoms with E-state index >= 15 is 0 Å². The van der Waals surface area contributed by atoms with Crippen LogP contribution in [0.3, 0.4) is 0 Å². The van der Waals surface area contributed by atoms with Gasteiger partial charge in [-0.3, -0.25) is 0 Å². The first-order valence-electron chi connectivity index (χ1n) is 7.85. The van der Waals surface area contributed by atoms with E-state index in [-0.39, 0.29) is 22.5 Å². The van der Waals surface area contributed by atoms with Gasteiger partial charge in [-0.2, -0.15) is 13.2 Å². The molecule has 1 aliphatic rings. The van der Waals surface area contributed by atoms with Gasteiger partial charge in [0.2, 0.25) is 0 Å². The van der Waals surface area contributed by atoms with Gasteiger partial charge in [0.05, 0.1) is 41.9 Å². The zero-order valence-corrected chi connectivity index (χ0v) is 16.0. The molecular weight excluding hydrogens is 406 g/mol. The highest BCUT2D eigenvalue weighted by Gasteiger charge is 2.46. The molecule has 0 aliphatic carbocycles. The summed E-state index contributed by atoms with van der Waals surface area (Å²) in [5.41, 5.74) is -2.95. The molecule has 0 saturated heterocycles. The van der Waals surface area contributed by atoms with Gasteiger partial charge in [0.25, 0.3) is 0 Å². The second kappa shape index (κ2) is 7.83. The van der Waals surface area contributed by atoms with E-state index in [9.17, 15) is 27.2 Å². The maximum absolute atomic E-state index is 14.8. The highest BCUT2D eigenvalue weighted by atomic mass is 35.5. The summed E-state index contributed by atoms with van der Waals surface area (Å²) in [5, 5.41) is 1.95. The number of methoxy groups -OCH3 is 2. The topological polar surface area (TPSA) is 64.6 Å². The fourth-order valence-corrected chi connectivity index (χ4v) is 3.45. The third kappa shape index (κ3) is 3.71. The fourth-order valence-electron chi connectivity index (χ4n) is 3.18. The lowest BCUT2D eigenvalue weighted by molar-refractivity contribution is -0.140. The van der Waals surface area contributed by atoms with E-state index in [0.717, 1.165) is 26.4 Å². The maximum atomic E-state index is 14.8. The number of benzene rings is 1. The molecule has 10 heteroatoms. The number of dihydropyridines is 1. The zero-order valence-electron chi connectivity index (χ0n) is 15.3. The molecule has 1 heterocycles. The Labute approximate surface area is 162 Å². The molecule has 1 aromatic carbocycles.